The maximum atomic E-state index is 11.6. The summed E-state index contributed by atoms with van der Waals surface area (Å²) in [6.07, 6.45) is 2.44. The van der Waals surface area contributed by atoms with Crippen LogP contribution >= 0.6 is 0 Å². The first-order valence-electron chi connectivity index (χ1n) is 6.39. The summed E-state index contributed by atoms with van der Waals surface area (Å²) in [6.45, 7) is 0.516. The third-order valence-corrected chi connectivity index (χ3v) is 2.66. The third kappa shape index (κ3) is 4.61. The first-order chi connectivity index (χ1) is 9.74. The summed E-state index contributed by atoms with van der Waals surface area (Å²) in [7, 11) is 0. The molecule has 1 aromatic heterocycles. The number of hydrogen-bond acceptors (Lipinski definition) is 4. The Bertz CT molecular complexity index is 558. The number of amides is 1. The quantitative estimate of drug-likeness (QED) is 0.779. The predicted molar refractivity (Wildman–Crippen MR) is 77.3 cm³/mol. The summed E-state index contributed by atoms with van der Waals surface area (Å²) in [6, 6.07) is 12.7. The first kappa shape index (κ1) is 13.9. The molecule has 0 bridgehead atoms. The van der Waals surface area contributed by atoms with Gasteiger partial charge in [0.05, 0.1) is 0 Å². The normalized spacial score (nSPS) is 10.0. The molecule has 0 fully saturated rings. The van der Waals surface area contributed by atoms with Crippen molar-refractivity contribution in [3.05, 3.63) is 54.4 Å². The number of aromatic nitrogens is 1. The van der Waals surface area contributed by atoms with Gasteiger partial charge >= 0.3 is 0 Å². The molecule has 0 aliphatic heterocycles. The third-order valence-electron chi connectivity index (χ3n) is 2.66. The number of carbonyl (C=O) groups is 1. The largest absolute Gasteiger partial charge is 0.484 e. The number of nitrogen functional groups attached to an aromatic ring is 1. The molecular formula is C15H17N3O2. The second kappa shape index (κ2) is 7.13. The van der Waals surface area contributed by atoms with Gasteiger partial charge in [-0.05, 0) is 24.3 Å². The van der Waals surface area contributed by atoms with Crippen molar-refractivity contribution >= 4 is 11.6 Å². The van der Waals surface area contributed by atoms with Crippen LogP contribution in [0, 0.1) is 0 Å². The average Bonchev–Trinajstić information content (AvgIpc) is 2.46. The molecule has 5 heteroatoms. The van der Waals surface area contributed by atoms with Crippen molar-refractivity contribution < 1.29 is 9.53 Å². The summed E-state index contributed by atoms with van der Waals surface area (Å²) in [5.41, 5.74) is 7.18. The van der Waals surface area contributed by atoms with Gasteiger partial charge in [0.2, 0.25) is 0 Å². The SMILES string of the molecule is Nc1cccc(OCC(=O)NCCc2ccccn2)c1. The number of anilines is 1. The molecule has 0 aliphatic rings. The van der Waals surface area contributed by atoms with Crippen molar-refractivity contribution in [3.8, 4) is 5.75 Å². The number of nitrogens with one attached hydrogen (secondary N) is 1. The van der Waals surface area contributed by atoms with Crippen LogP contribution < -0.4 is 15.8 Å². The minimum absolute atomic E-state index is 0.0222. The highest BCUT2D eigenvalue weighted by atomic mass is 16.5. The van der Waals surface area contributed by atoms with Crippen LogP contribution in [0.25, 0.3) is 0 Å². The van der Waals surface area contributed by atoms with Gasteiger partial charge in [0.25, 0.3) is 5.91 Å². The molecule has 0 spiro atoms. The number of nitrogens with two attached hydrogens (primary N) is 1. The monoisotopic (exact) mass is 271 g/mol. The molecule has 20 heavy (non-hydrogen) atoms. The van der Waals surface area contributed by atoms with Crippen LogP contribution in [0.15, 0.2) is 48.7 Å². The fourth-order valence-corrected chi connectivity index (χ4v) is 1.68. The minimum Gasteiger partial charge on any atom is -0.484 e. The molecule has 2 rings (SSSR count). The van der Waals surface area contributed by atoms with E-state index in [1.165, 1.54) is 0 Å². The molecule has 1 amide bonds. The Kier molecular flexibility index (Phi) is 4.94. The van der Waals surface area contributed by atoms with E-state index in [2.05, 4.69) is 10.3 Å². The molecule has 0 saturated heterocycles. The molecule has 2 aromatic rings. The number of rotatable bonds is 6. The molecular weight excluding hydrogens is 254 g/mol. The zero-order valence-electron chi connectivity index (χ0n) is 11.1. The molecule has 0 unspecified atom stereocenters. The van der Waals surface area contributed by atoms with Crippen molar-refractivity contribution in [2.75, 3.05) is 18.9 Å². The van der Waals surface area contributed by atoms with E-state index in [9.17, 15) is 4.79 Å². The van der Waals surface area contributed by atoms with Crippen LogP contribution in [-0.2, 0) is 11.2 Å². The van der Waals surface area contributed by atoms with E-state index in [0.29, 0.717) is 24.4 Å². The standard InChI is InChI=1S/C15H17N3O2/c16-12-4-3-6-14(10-12)20-11-15(19)18-9-7-13-5-1-2-8-17-13/h1-6,8,10H,7,9,11,16H2,(H,18,19). The minimum atomic E-state index is -0.164. The Morgan fingerprint density at radius 3 is 2.90 bits per heavy atom. The summed E-state index contributed by atoms with van der Waals surface area (Å²) < 4.78 is 5.34. The van der Waals surface area contributed by atoms with Crippen molar-refractivity contribution in [3.63, 3.8) is 0 Å². The lowest BCUT2D eigenvalue weighted by molar-refractivity contribution is -0.123. The van der Waals surface area contributed by atoms with E-state index in [4.69, 9.17) is 10.5 Å². The fourth-order valence-electron chi connectivity index (χ4n) is 1.68. The van der Waals surface area contributed by atoms with Gasteiger partial charge in [-0.15, -0.1) is 0 Å². The highest BCUT2D eigenvalue weighted by Gasteiger charge is 2.03. The second-order valence-electron chi connectivity index (χ2n) is 4.28. The molecule has 3 N–H and O–H groups in total. The Morgan fingerprint density at radius 1 is 1.25 bits per heavy atom. The molecule has 104 valence electrons. The van der Waals surface area contributed by atoms with Gasteiger partial charge in [-0.1, -0.05) is 12.1 Å². The van der Waals surface area contributed by atoms with Gasteiger partial charge in [-0.3, -0.25) is 9.78 Å². The molecule has 0 saturated carbocycles. The van der Waals surface area contributed by atoms with Crippen molar-refractivity contribution in [1.29, 1.82) is 0 Å². The number of pyridine rings is 1. The van der Waals surface area contributed by atoms with Crippen molar-refractivity contribution in [2.45, 2.75) is 6.42 Å². The van der Waals surface area contributed by atoms with Crippen LogP contribution in [0.5, 0.6) is 5.75 Å². The topological polar surface area (TPSA) is 77.2 Å². The molecule has 0 atom stereocenters. The van der Waals surface area contributed by atoms with Crippen LogP contribution in [-0.4, -0.2) is 24.0 Å². The van der Waals surface area contributed by atoms with Gasteiger partial charge in [-0.2, -0.15) is 0 Å². The maximum Gasteiger partial charge on any atom is 0.257 e. The van der Waals surface area contributed by atoms with E-state index < -0.39 is 0 Å². The maximum absolute atomic E-state index is 11.6. The highest BCUT2D eigenvalue weighted by Crippen LogP contribution is 2.13. The number of nitrogens with zero attached hydrogens (tertiary/aromatic N) is 1. The Labute approximate surface area is 117 Å². The van der Waals surface area contributed by atoms with Crippen LogP contribution in [0.2, 0.25) is 0 Å². The van der Waals surface area contributed by atoms with Crippen LogP contribution in [0.3, 0.4) is 0 Å². The van der Waals surface area contributed by atoms with Crippen molar-refractivity contribution in [2.24, 2.45) is 0 Å². The lowest BCUT2D eigenvalue weighted by atomic mass is 10.3. The Hall–Kier alpha value is -2.56. The van der Waals surface area contributed by atoms with Gasteiger partial charge < -0.3 is 15.8 Å². The molecule has 0 aliphatic carbocycles. The summed E-state index contributed by atoms with van der Waals surface area (Å²) in [5, 5.41) is 2.78. The van der Waals surface area contributed by atoms with E-state index in [0.717, 1.165) is 5.69 Å². The zero-order valence-corrected chi connectivity index (χ0v) is 11.1. The summed E-state index contributed by atoms with van der Waals surface area (Å²) in [5.74, 6) is 0.424. The van der Waals surface area contributed by atoms with Crippen LogP contribution in [0.4, 0.5) is 5.69 Å². The number of ether oxygens (including phenoxy) is 1. The van der Waals surface area contributed by atoms with Gasteiger partial charge in [0.1, 0.15) is 5.75 Å². The number of carbonyl (C=O) groups excluding carboxylic acids is 1. The Balaban J connectivity index is 1.68. The second-order valence-corrected chi connectivity index (χ2v) is 4.28. The average molecular weight is 271 g/mol. The summed E-state index contributed by atoms with van der Waals surface area (Å²) in [4.78, 5) is 15.8. The smallest absolute Gasteiger partial charge is 0.257 e. The lowest BCUT2D eigenvalue weighted by Crippen LogP contribution is -2.30. The van der Waals surface area contributed by atoms with E-state index in [1.54, 1.807) is 30.5 Å². The zero-order chi connectivity index (χ0) is 14.2. The molecule has 0 radical (unpaired) electrons. The number of hydrogen-bond donors (Lipinski definition) is 2. The van der Waals surface area contributed by atoms with Gasteiger partial charge in [0.15, 0.2) is 6.61 Å². The highest BCUT2D eigenvalue weighted by molar-refractivity contribution is 5.77. The van der Waals surface area contributed by atoms with Gasteiger partial charge in [-0.25, -0.2) is 0 Å². The first-order valence-corrected chi connectivity index (χ1v) is 6.39. The lowest BCUT2D eigenvalue weighted by Gasteiger charge is -2.07. The molecule has 1 aromatic carbocycles. The van der Waals surface area contributed by atoms with Crippen LogP contribution in [0.1, 0.15) is 5.69 Å². The van der Waals surface area contributed by atoms with E-state index >= 15 is 0 Å². The fraction of sp³-hybridized carbons (Fsp3) is 0.200. The summed E-state index contributed by atoms with van der Waals surface area (Å²) >= 11 is 0. The van der Waals surface area contributed by atoms with Crippen molar-refractivity contribution in [1.82, 2.24) is 10.3 Å². The van der Waals surface area contributed by atoms with E-state index in [-0.39, 0.29) is 12.5 Å². The van der Waals surface area contributed by atoms with Gasteiger partial charge in [0, 0.05) is 36.6 Å². The molecule has 5 nitrogen and oxygen atoms in total. The molecule has 1 heterocycles. The predicted octanol–water partition coefficient (Wildman–Crippen LogP) is 1.40. The number of benzene rings is 1. The van der Waals surface area contributed by atoms with E-state index in [1.807, 2.05) is 18.2 Å². The Morgan fingerprint density at radius 2 is 2.15 bits per heavy atom.